The third-order valence-corrected chi connectivity index (χ3v) is 8.25. The molecule has 1 aromatic carbocycles. The Morgan fingerprint density at radius 3 is 3.06 bits per heavy atom. The van der Waals surface area contributed by atoms with Crippen molar-refractivity contribution in [3.8, 4) is 0 Å². The maximum Gasteiger partial charge on any atom is 0.225 e. The zero-order valence-electron chi connectivity index (χ0n) is 17.8. The molecule has 0 spiro atoms. The van der Waals surface area contributed by atoms with E-state index in [1.165, 1.54) is 22.2 Å². The molecule has 7 nitrogen and oxygen atoms in total. The fourth-order valence-electron chi connectivity index (χ4n) is 4.47. The highest BCUT2D eigenvalue weighted by Gasteiger charge is 2.30. The van der Waals surface area contributed by atoms with E-state index in [0.29, 0.717) is 19.4 Å². The summed E-state index contributed by atoms with van der Waals surface area (Å²) in [4.78, 5) is 38.5. The minimum atomic E-state index is -0.0325. The van der Waals surface area contributed by atoms with E-state index in [1.54, 1.807) is 22.6 Å². The predicted molar refractivity (Wildman–Crippen MR) is 127 cm³/mol. The SMILES string of the molecule is CN(CCCO)C(=O)C1CCc2c(sc3ncnc(Nc4ccc5c(c4)SC(=O)C5)c23)C1. The Labute approximate surface area is 194 Å². The molecule has 0 fully saturated rings. The van der Waals surface area contributed by atoms with E-state index in [0.717, 1.165) is 51.4 Å². The quantitative estimate of drug-likeness (QED) is 0.571. The van der Waals surface area contributed by atoms with Crippen LogP contribution in [0.1, 0.15) is 28.8 Å². The number of carbonyl (C=O) groups is 2. The molecule has 3 aromatic rings. The number of thiophene rings is 1. The predicted octanol–water partition coefficient (Wildman–Crippen LogP) is 3.56. The number of amides is 1. The number of aliphatic hydroxyl groups is 1. The molecule has 2 N–H and O–H groups in total. The average molecular weight is 469 g/mol. The second-order valence-corrected chi connectivity index (χ2v) is 10.5. The largest absolute Gasteiger partial charge is 0.396 e. The van der Waals surface area contributed by atoms with Crippen LogP contribution in [-0.4, -0.2) is 51.2 Å². The fourth-order valence-corrected chi connectivity index (χ4v) is 6.67. The van der Waals surface area contributed by atoms with Crippen molar-refractivity contribution in [2.75, 3.05) is 25.5 Å². The Bertz CT molecular complexity index is 1210. The Morgan fingerprint density at radius 1 is 1.34 bits per heavy atom. The summed E-state index contributed by atoms with van der Waals surface area (Å²) in [6, 6.07) is 6.00. The zero-order chi connectivity index (χ0) is 22.2. The zero-order valence-corrected chi connectivity index (χ0v) is 19.4. The van der Waals surface area contributed by atoms with Crippen molar-refractivity contribution in [3.63, 3.8) is 0 Å². The molecule has 9 heteroatoms. The van der Waals surface area contributed by atoms with Crippen LogP contribution in [0.3, 0.4) is 0 Å². The van der Waals surface area contributed by atoms with E-state index >= 15 is 0 Å². The molecule has 1 aliphatic carbocycles. The number of carbonyl (C=O) groups excluding carboxylic acids is 2. The van der Waals surface area contributed by atoms with Gasteiger partial charge in [-0.2, -0.15) is 0 Å². The van der Waals surface area contributed by atoms with E-state index in [-0.39, 0.29) is 23.5 Å². The number of benzene rings is 1. The minimum Gasteiger partial charge on any atom is -0.396 e. The summed E-state index contributed by atoms with van der Waals surface area (Å²) in [5.41, 5.74) is 3.21. The number of hydrogen-bond acceptors (Lipinski definition) is 8. The van der Waals surface area contributed by atoms with E-state index in [4.69, 9.17) is 5.11 Å². The summed E-state index contributed by atoms with van der Waals surface area (Å²) in [5.74, 6) is 0.887. The number of anilines is 2. The van der Waals surface area contributed by atoms with E-state index in [2.05, 4.69) is 15.3 Å². The molecule has 1 unspecified atom stereocenters. The van der Waals surface area contributed by atoms with Gasteiger partial charge in [-0.25, -0.2) is 9.97 Å². The Hall–Kier alpha value is -2.49. The third kappa shape index (κ3) is 4.00. The lowest BCUT2D eigenvalue weighted by atomic mass is 9.87. The molecule has 2 aromatic heterocycles. The Kier molecular flexibility index (Phi) is 5.88. The number of nitrogens with zero attached hydrogens (tertiary/aromatic N) is 3. The van der Waals surface area contributed by atoms with Gasteiger partial charge in [0.25, 0.3) is 0 Å². The van der Waals surface area contributed by atoms with Gasteiger partial charge in [-0.15, -0.1) is 11.3 Å². The first-order valence-corrected chi connectivity index (χ1v) is 12.4. The number of thioether (sulfide) groups is 1. The van der Waals surface area contributed by atoms with Crippen LogP contribution in [0.5, 0.6) is 0 Å². The van der Waals surface area contributed by atoms with Crippen LogP contribution in [0.2, 0.25) is 0 Å². The van der Waals surface area contributed by atoms with Gasteiger partial charge < -0.3 is 15.3 Å². The van der Waals surface area contributed by atoms with Crippen molar-refractivity contribution < 1.29 is 14.7 Å². The maximum atomic E-state index is 12.8. The van der Waals surface area contributed by atoms with Crippen molar-refractivity contribution in [1.82, 2.24) is 14.9 Å². The number of hydrogen-bond donors (Lipinski definition) is 2. The van der Waals surface area contributed by atoms with Crippen LogP contribution < -0.4 is 5.32 Å². The molecule has 5 rings (SSSR count). The fraction of sp³-hybridized carbons (Fsp3) is 0.391. The third-order valence-electron chi connectivity index (χ3n) is 6.11. The molecule has 0 radical (unpaired) electrons. The molecule has 166 valence electrons. The molecule has 0 saturated carbocycles. The first kappa shape index (κ1) is 21.4. The lowest BCUT2D eigenvalue weighted by Gasteiger charge is -2.26. The number of nitrogens with one attached hydrogen (secondary N) is 1. The van der Waals surface area contributed by atoms with Gasteiger partial charge in [-0.1, -0.05) is 17.8 Å². The summed E-state index contributed by atoms with van der Waals surface area (Å²) >= 11 is 2.94. The van der Waals surface area contributed by atoms with Crippen LogP contribution in [0.25, 0.3) is 10.2 Å². The molecule has 0 bridgehead atoms. The number of aromatic nitrogens is 2. The Morgan fingerprint density at radius 2 is 2.22 bits per heavy atom. The van der Waals surface area contributed by atoms with Gasteiger partial charge in [0.2, 0.25) is 5.91 Å². The smallest absolute Gasteiger partial charge is 0.225 e. The molecule has 2 aliphatic rings. The highest BCUT2D eigenvalue weighted by molar-refractivity contribution is 8.14. The van der Waals surface area contributed by atoms with Gasteiger partial charge in [0.1, 0.15) is 17.0 Å². The van der Waals surface area contributed by atoms with Crippen molar-refractivity contribution in [3.05, 3.63) is 40.5 Å². The second-order valence-electron chi connectivity index (χ2n) is 8.28. The van der Waals surface area contributed by atoms with Gasteiger partial charge in [0.05, 0.1) is 5.39 Å². The van der Waals surface area contributed by atoms with Crippen LogP contribution in [0, 0.1) is 5.92 Å². The molecule has 32 heavy (non-hydrogen) atoms. The highest BCUT2D eigenvalue weighted by Crippen LogP contribution is 2.41. The first-order chi connectivity index (χ1) is 15.5. The van der Waals surface area contributed by atoms with E-state index in [1.807, 2.05) is 25.2 Å². The van der Waals surface area contributed by atoms with Gasteiger partial charge in [0, 0.05) is 48.0 Å². The number of aliphatic hydroxyl groups excluding tert-OH is 1. The van der Waals surface area contributed by atoms with Crippen LogP contribution in [0.15, 0.2) is 29.4 Å². The molecule has 1 amide bonds. The van der Waals surface area contributed by atoms with Gasteiger partial charge in [-0.3, -0.25) is 9.59 Å². The van der Waals surface area contributed by atoms with Gasteiger partial charge in [-0.05, 0) is 48.9 Å². The summed E-state index contributed by atoms with van der Waals surface area (Å²) in [7, 11) is 1.81. The molecule has 0 saturated heterocycles. The van der Waals surface area contributed by atoms with Crippen LogP contribution in [-0.2, 0) is 28.9 Å². The van der Waals surface area contributed by atoms with Crippen molar-refractivity contribution in [2.24, 2.45) is 5.92 Å². The average Bonchev–Trinajstić information content (AvgIpc) is 3.35. The number of fused-ring (bicyclic) bond motifs is 4. The number of aryl methyl sites for hydroxylation is 1. The monoisotopic (exact) mass is 468 g/mol. The van der Waals surface area contributed by atoms with Crippen molar-refractivity contribution in [1.29, 1.82) is 0 Å². The van der Waals surface area contributed by atoms with Crippen molar-refractivity contribution >= 4 is 55.8 Å². The lowest BCUT2D eigenvalue weighted by Crippen LogP contribution is -2.36. The maximum absolute atomic E-state index is 12.8. The van der Waals surface area contributed by atoms with Gasteiger partial charge >= 0.3 is 0 Å². The highest BCUT2D eigenvalue weighted by atomic mass is 32.2. The lowest BCUT2D eigenvalue weighted by molar-refractivity contribution is -0.134. The van der Waals surface area contributed by atoms with E-state index in [9.17, 15) is 9.59 Å². The summed E-state index contributed by atoms with van der Waals surface area (Å²) in [6.45, 7) is 0.672. The first-order valence-electron chi connectivity index (χ1n) is 10.7. The standard InChI is InChI=1S/C23H24N4O3S2/c1-27(7-2-8-28)23(30)14-4-6-16-18(9-14)32-22-20(16)21(24-12-25-22)26-15-5-3-13-10-19(29)31-17(13)11-15/h3,5,11-12,14,28H,2,4,6-10H2,1H3,(H,24,25,26). The molecule has 1 atom stereocenters. The summed E-state index contributed by atoms with van der Waals surface area (Å²) in [6.07, 6.45) is 5.00. The minimum absolute atomic E-state index is 0.0325. The Balaban J connectivity index is 1.40. The summed E-state index contributed by atoms with van der Waals surface area (Å²) < 4.78 is 0. The van der Waals surface area contributed by atoms with E-state index < -0.39 is 0 Å². The van der Waals surface area contributed by atoms with Crippen LogP contribution >= 0.6 is 23.1 Å². The molecular formula is C23H24N4O3S2. The normalized spacial score (nSPS) is 17.3. The molecular weight excluding hydrogens is 444 g/mol. The second kappa shape index (κ2) is 8.80. The van der Waals surface area contributed by atoms with Crippen LogP contribution in [0.4, 0.5) is 11.5 Å². The molecule has 1 aliphatic heterocycles. The van der Waals surface area contributed by atoms with Gasteiger partial charge in [0.15, 0.2) is 5.12 Å². The topological polar surface area (TPSA) is 95.4 Å². The molecule has 3 heterocycles. The summed E-state index contributed by atoms with van der Waals surface area (Å²) in [5, 5.41) is 13.7. The number of rotatable bonds is 6. The van der Waals surface area contributed by atoms with Crippen molar-refractivity contribution in [2.45, 2.75) is 37.0 Å².